The number of aromatic nitrogens is 5. The van der Waals surface area contributed by atoms with E-state index in [1.54, 1.807) is 17.0 Å². The van der Waals surface area contributed by atoms with E-state index >= 15 is 4.39 Å². The number of anilines is 2. The Kier molecular flexibility index (Phi) is 6.37. The Hall–Kier alpha value is -4.48. The smallest absolute Gasteiger partial charge is 0.303 e. The van der Waals surface area contributed by atoms with E-state index in [9.17, 15) is 14.0 Å². The molecule has 1 amide bonds. The second kappa shape index (κ2) is 10.0. The minimum absolute atomic E-state index is 0.0282. The van der Waals surface area contributed by atoms with Crippen molar-refractivity contribution in [2.24, 2.45) is 0 Å². The Labute approximate surface area is 222 Å². The van der Waals surface area contributed by atoms with Crippen LogP contribution in [-0.2, 0) is 40.3 Å². The van der Waals surface area contributed by atoms with Gasteiger partial charge in [-0.25, -0.2) is 28.7 Å². The minimum atomic E-state index is -0.672. The Morgan fingerprint density at radius 1 is 1.05 bits per heavy atom. The predicted molar refractivity (Wildman–Crippen MR) is 137 cm³/mol. The molecule has 0 aliphatic carbocycles. The first-order chi connectivity index (χ1) is 18.9. The van der Waals surface area contributed by atoms with E-state index in [1.807, 2.05) is 10.6 Å². The molecule has 0 spiro atoms. The van der Waals surface area contributed by atoms with Gasteiger partial charge in [0.05, 0.1) is 11.7 Å². The first-order valence-electron chi connectivity index (χ1n) is 12.7. The number of fused-ring (bicyclic) bond motifs is 4. The van der Waals surface area contributed by atoms with Gasteiger partial charge in [-0.1, -0.05) is 6.07 Å². The van der Waals surface area contributed by atoms with Crippen molar-refractivity contribution in [1.82, 2.24) is 29.4 Å². The number of carbonyl (C=O) groups is 2. The first kappa shape index (κ1) is 24.8. The van der Waals surface area contributed by atoms with Crippen LogP contribution in [0.25, 0.3) is 22.3 Å². The van der Waals surface area contributed by atoms with Crippen LogP contribution in [0.1, 0.15) is 36.8 Å². The van der Waals surface area contributed by atoms with Crippen LogP contribution in [-0.4, -0.2) is 54.4 Å². The van der Waals surface area contributed by atoms with Crippen molar-refractivity contribution in [2.75, 3.05) is 18.5 Å². The Bertz CT molecular complexity index is 1620. The van der Waals surface area contributed by atoms with Crippen molar-refractivity contribution < 1.29 is 23.1 Å². The fourth-order valence-electron chi connectivity index (χ4n) is 5.06. The second-order valence-electron chi connectivity index (χ2n) is 9.63. The summed E-state index contributed by atoms with van der Waals surface area (Å²) in [7, 11) is 0. The number of carbonyl (C=O) groups excluding carboxylic acids is 2. The summed E-state index contributed by atoms with van der Waals surface area (Å²) in [5, 5.41) is 3.01. The number of nitrogens with zero attached hydrogens (tertiary/aromatic N) is 6. The van der Waals surface area contributed by atoms with Gasteiger partial charge in [-0.2, -0.15) is 0 Å². The molecule has 4 aromatic rings. The molecule has 0 atom stereocenters. The van der Waals surface area contributed by atoms with Crippen molar-refractivity contribution in [3.05, 3.63) is 59.2 Å². The topological polar surface area (TPSA) is 115 Å². The average Bonchev–Trinajstić information content (AvgIpc) is 3.32. The van der Waals surface area contributed by atoms with Crippen molar-refractivity contribution in [3.63, 3.8) is 0 Å². The molecule has 3 aromatic heterocycles. The molecule has 0 fully saturated rings. The lowest BCUT2D eigenvalue weighted by Crippen LogP contribution is -2.38. The number of esters is 1. The molecule has 1 N–H and O–H groups in total. The molecule has 200 valence electrons. The Morgan fingerprint density at radius 2 is 1.92 bits per heavy atom. The molecule has 0 bridgehead atoms. The number of ether oxygens (including phenoxy) is 1. The summed E-state index contributed by atoms with van der Waals surface area (Å²) in [6.45, 7) is 2.51. The minimum Gasteiger partial charge on any atom is -0.456 e. The summed E-state index contributed by atoms with van der Waals surface area (Å²) < 4.78 is 36.6. The zero-order valence-electron chi connectivity index (χ0n) is 21.2. The van der Waals surface area contributed by atoms with Crippen LogP contribution in [0.5, 0.6) is 0 Å². The molecule has 0 saturated carbocycles. The lowest BCUT2D eigenvalue weighted by Gasteiger charge is -2.28. The molecule has 1 aromatic carbocycles. The molecular formula is C27H25F2N7O3. The maximum absolute atomic E-state index is 15.0. The lowest BCUT2D eigenvalue weighted by atomic mass is 10.1. The van der Waals surface area contributed by atoms with Crippen LogP contribution >= 0.6 is 0 Å². The van der Waals surface area contributed by atoms with Gasteiger partial charge in [0.15, 0.2) is 18.2 Å². The van der Waals surface area contributed by atoms with Gasteiger partial charge < -0.3 is 19.5 Å². The molecule has 39 heavy (non-hydrogen) atoms. The highest BCUT2D eigenvalue weighted by molar-refractivity contribution is 5.83. The maximum atomic E-state index is 15.0. The van der Waals surface area contributed by atoms with E-state index in [1.165, 1.54) is 13.0 Å². The van der Waals surface area contributed by atoms with Gasteiger partial charge in [0, 0.05) is 50.7 Å². The van der Waals surface area contributed by atoms with Crippen molar-refractivity contribution in [2.45, 2.75) is 45.7 Å². The van der Waals surface area contributed by atoms with Crippen LogP contribution in [0.4, 0.5) is 20.5 Å². The second-order valence-corrected chi connectivity index (χ2v) is 9.63. The number of benzene rings is 1. The number of pyridine rings is 1. The van der Waals surface area contributed by atoms with Gasteiger partial charge in [-0.05, 0) is 36.6 Å². The zero-order chi connectivity index (χ0) is 27.1. The summed E-state index contributed by atoms with van der Waals surface area (Å²) in [6, 6.07) is 6.53. The molecule has 2 aliphatic heterocycles. The molecule has 5 heterocycles. The van der Waals surface area contributed by atoms with Crippen LogP contribution in [0.2, 0.25) is 0 Å². The number of imidazole rings is 1. The summed E-state index contributed by atoms with van der Waals surface area (Å²) in [4.78, 5) is 42.3. The third-order valence-corrected chi connectivity index (χ3v) is 6.98. The number of rotatable bonds is 5. The zero-order valence-corrected chi connectivity index (χ0v) is 21.2. The number of nitrogens with one attached hydrogen (secondary N) is 1. The van der Waals surface area contributed by atoms with E-state index in [4.69, 9.17) is 4.74 Å². The Morgan fingerprint density at radius 3 is 2.77 bits per heavy atom. The highest BCUT2D eigenvalue weighted by Crippen LogP contribution is 2.31. The summed E-state index contributed by atoms with van der Waals surface area (Å²) in [5.41, 5.74) is 2.86. The molecule has 0 saturated heterocycles. The van der Waals surface area contributed by atoms with E-state index in [0.29, 0.717) is 36.4 Å². The van der Waals surface area contributed by atoms with Crippen molar-refractivity contribution in [3.8, 4) is 11.3 Å². The van der Waals surface area contributed by atoms with Crippen LogP contribution in [0.3, 0.4) is 0 Å². The highest BCUT2D eigenvalue weighted by atomic mass is 19.1. The van der Waals surface area contributed by atoms with Gasteiger partial charge in [-0.3, -0.25) is 9.59 Å². The summed E-state index contributed by atoms with van der Waals surface area (Å²) in [6.07, 6.45) is 4.34. The number of halogens is 2. The lowest BCUT2D eigenvalue weighted by molar-refractivity contribution is -0.150. The number of amides is 1. The molecule has 12 heteroatoms. The Balaban J connectivity index is 1.23. The van der Waals surface area contributed by atoms with E-state index < -0.39 is 17.6 Å². The van der Waals surface area contributed by atoms with Crippen molar-refractivity contribution >= 4 is 34.7 Å². The molecule has 10 nitrogen and oxygen atoms in total. The molecule has 0 unspecified atom stereocenters. The fraction of sp³-hybridized carbons (Fsp3) is 0.333. The van der Waals surface area contributed by atoms with E-state index in [2.05, 4.69) is 25.3 Å². The maximum Gasteiger partial charge on any atom is 0.303 e. The molecule has 6 rings (SSSR count). The van der Waals surface area contributed by atoms with Gasteiger partial charge >= 0.3 is 5.97 Å². The number of hydrogen-bond donors (Lipinski definition) is 1. The van der Waals surface area contributed by atoms with Crippen LogP contribution in [0, 0.1) is 11.6 Å². The predicted octanol–water partition coefficient (Wildman–Crippen LogP) is 3.69. The van der Waals surface area contributed by atoms with Crippen molar-refractivity contribution in [1.29, 1.82) is 0 Å². The fourth-order valence-corrected chi connectivity index (χ4v) is 5.06. The normalized spacial score (nSPS) is 14.6. The summed E-state index contributed by atoms with van der Waals surface area (Å²) in [5.74, 6) is -0.551. The standard InChI is InChI=1S/C27H25F2N7O3/c1-15(37)39-14-24(38)35-9-7-20-16(13-35)5-6-22(31-20)32-27-30-12-19(29)25(34-27)17-10-18(28)26-21(11-17)36-8-3-2-4-23(36)33-26/h5-6,10-12H,2-4,7-9,13-14H2,1H3,(H,30,31,32,34). The molecular weight excluding hydrogens is 508 g/mol. The highest BCUT2D eigenvalue weighted by Gasteiger charge is 2.23. The van der Waals surface area contributed by atoms with Gasteiger partial charge in [0.25, 0.3) is 5.91 Å². The number of aryl methyl sites for hydroxylation is 2. The molecule has 0 radical (unpaired) electrons. The van der Waals surface area contributed by atoms with E-state index in [-0.39, 0.29) is 29.7 Å². The van der Waals surface area contributed by atoms with Crippen LogP contribution in [0.15, 0.2) is 30.5 Å². The SMILES string of the molecule is CC(=O)OCC(=O)N1CCc2nc(Nc3ncc(F)c(-c4cc(F)c5nc6n(c5c4)CCCC6)n3)ccc2C1. The first-order valence-corrected chi connectivity index (χ1v) is 12.7. The summed E-state index contributed by atoms with van der Waals surface area (Å²) >= 11 is 0. The number of hydrogen-bond acceptors (Lipinski definition) is 8. The van der Waals surface area contributed by atoms with Crippen LogP contribution < -0.4 is 5.32 Å². The molecule has 2 aliphatic rings. The quantitative estimate of drug-likeness (QED) is 0.386. The van der Waals surface area contributed by atoms with Gasteiger partial charge in [0.2, 0.25) is 5.95 Å². The largest absolute Gasteiger partial charge is 0.456 e. The average molecular weight is 534 g/mol. The van der Waals surface area contributed by atoms with E-state index in [0.717, 1.165) is 49.1 Å². The van der Waals surface area contributed by atoms with Gasteiger partial charge in [-0.15, -0.1) is 0 Å². The van der Waals surface area contributed by atoms with Gasteiger partial charge in [0.1, 0.15) is 22.9 Å². The third kappa shape index (κ3) is 4.89. The third-order valence-electron chi connectivity index (χ3n) is 6.98. The monoisotopic (exact) mass is 533 g/mol.